The standard InChI is InChI=1S/C17H24N2/c1-13(2)11-19-12-14(10-18-17(3,4)5)15-8-6-7-9-16(15)19/h6-9,12,18H,1,10-11H2,2-5H3. The predicted octanol–water partition coefficient (Wildman–Crippen LogP) is 4.11. The molecular formula is C17H24N2. The molecule has 2 nitrogen and oxygen atoms in total. The maximum absolute atomic E-state index is 4.02. The number of nitrogens with one attached hydrogen (secondary N) is 1. The van der Waals surface area contributed by atoms with Crippen molar-refractivity contribution in [2.24, 2.45) is 0 Å². The van der Waals surface area contributed by atoms with E-state index in [4.69, 9.17) is 0 Å². The first-order valence-corrected chi connectivity index (χ1v) is 6.83. The zero-order valence-corrected chi connectivity index (χ0v) is 12.5. The number of benzene rings is 1. The second kappa shape index (κ2) is 5.22. The maximum atomic E-state index is 4.02. The lowest BCUT2D eigenvalue weighted by atomic mass is 10.1. The minimum absolute atomic E-state index is 0.136. The van der Waals surface area contributed by atoms with Gasteiger partial charge in [-0.1, -0.05) is 30.4 Å². The molecule has 0 aliphatic carbocycles. The Bertz CT molecular complexity index is 585. The number of fused-ring (bicyclic) bond motifs is 1. The molecule has 0 radical (unpaired) electrons. The second-order valence-electron chi connectivity index (χ2n) is 6.36. The molecule has 0 aliphatic rings. The topological polar surface area (TPSA) is 17.0 Å². The fraction of sp³-hybridized carbons (Fsp3) is 0.412. The smallest absolute Gasteiger partial charge is 0.0486 e. The van der Waals surface area contributed by atoms with E-state index in [1.807, 2.05) is 0 Å². The zero-order chi connectivity index (χ0) is 14.0. The molecule has 0 atom stereocenters. The average molecular weight is 256 g/mol. The average Bonchev–Trinajstić information content (AvgIpc) is 2.64. The number of aromatic nitrogens is 1. The van der Waals surface area contributed by atoms with Crippen LogP contribution in [-0.4, -0.2) is 10.1 Å². The Morgan fingerprint density at radius 2 is 1.95 bits per heavy atom. The molecule has 0 unspecified atom stereocenters. The van der Waals surface area contributed by atoms with Crippen molar-refractivity contribution in [3.8, 4) is 0 Å². The normalized spacial score (nSPS) is 12.0. The van der Waals surface area contributed by atoms with Gasteiger partial charge in [0.25, 0.3) is 0 Å². The molecule has 0 saturated carbocycles. The summed E-state index contributed by atoms with van der Waals surface area (Å²) in [4.78, 5) is 0. The molecule has 0 fully saturated rings. The Hall–Kier alpha value is -1.54. The highest BCUT2D eigenvalue weighted by Gasteiger charge is 2.12. The highest BCUT2D eigenvalue weighted by Crippen LogP contribution is 2.22. The summed E-state index contributed by atoms with van der Waals surface area (Å²) in [6.07, 6.45) is 2.25. The van der Waals surface area contributed by atoms with Crippen molar-refractivity contribution < 1.29 is 0 Å². The van der Waals surface area contributed by atoms with E-state index in [0.29, 0.717) is 0 Å². The van der Waals surface area contributed by atoms with Crippen molar-refractivity contribution in [3.05, 3.63) is 48.2 Å². The maximum Gasteiger partial charge on any atom is 0.0486 e. The molecule has 19 heavy (non-hydrogen) atoms. The summed E-state index contributed by atoms with van der Waals surface area (Å²) in [5.74, 6) is 0. The van der Waals surface area contributed by atoms with Gasteiger partial charge >= 0.3 is 0 Å². The molecule has 2 heteroatoms. The van der Waals surface area contributed by atoms with Gasteiger partial charge in [0, 0.05) is 35.7 Å². The number of para-hydroxylation sites is 1. The van der Waals surface area contributed by atoms with Crippen LogP contribution in [0, 0.1) is 0 Å². The van der Waals surface area contributed by atoms with E-state index < -0.39 is 0 Å². The van der Waals surface area contributed by atoms with Crippen LogP contribution in [0.1, 0.15) is 33.3 Å². The van der Waals surface area contributed by atoms with Gasteiger partial charge in [0.2, 0.25) is 0 Å². The van der Waals surface area contributed by atoms with Crippen LogP contribution < -0.4 is 5.32 Å². The summed E-state index contributed by atoms with van der Waals surface area (Å²) in [6.45, 7) is 14.5. The van der Waals surface area contributed by atoms with E-state index in [9.17, 15) is 0 Å². The first-order valence-electron chi connectivity index (χ1n) is 6.83. The number of nitrogens with zero attached hydrogens (tertiary/aromatic N) is 1. The predicted molar refractivity (Wildman–Crippen MR) is 83.3 cm³/mol. The van der Waals surface area contributed by atoms with Crippen LogP contribution in [0.15, 0.2) is 42.6 Å². The number of rotatable bonds is 4. The first kappa shape index (κ1) is 13.9. The number of hydrogen-bond acceptors (Lipinski definition) is 1. The molecule has 0 bridgehead atoms. The van der Waals surface area contributed by atoms with Crippen molar-refractivity contribution in [3.63, 3.8) is 0 Å². The Labute approximate surface area is 116 Å². The van der Waals surface area contributed by atoms with Crippen LogP contribution >= 0.6 is 0 Å². The largest absolute Gasteiger partial charge is 0.343 e. The van der Waals surface area contributed by atoms with Gasteiger partial charge in [0.1, 0.15) is 0 Å². The van der Waals surface area contributed by atoms with E-state index in [2.05, 4.69) is 74.6 Å². The van der Waals surface area contributed by atoms with E-state index >= 15 is 0 Å². The van der Waals surface area contributed by atoms with Gasteiger partial charge in [-0.3, -0.25) is 0 Å². The summed E-state index contributed by atoms with van der Waals surface area (Å²) in [7, 11) is 0. The molecule has 1 N–H and O–H groups in total. The molecule has 0 aliphatic heterocycles. The minimum Gasteiger partial charge on any atom is -0.343 e. The van der Waals surface area contributed by atoms with Crippen LogP contribution in [0.3, 0.4) is 0 Å². The molecule has 102 valence electrons. The zero-order valence-electron chi connectivity index (χ0n) is 12.5. The second-order valence-corrected chi connectivity index (χ2v) is 6.36. The quantitative estimate of drug-likeness (QED) is 0.815. The molecule has 0 amide bonds. The van der Waals surface area contributed by atoms with Gasteiger partial charge in [-0.05, 0) is 39.3 Å². The third-order valence-corrected chi connectivity index (χ3v) is 3.12. The number of allylic oxidation sites excluding steroid dienone is 1. The fourth-order valence-corrected chi connectivity index (χ4v) is 2.25. The molecule has 1 aromatic carbocycles. The van der Waals surface area contributed by atoms with Gasteiger partial charge in [-0.15, -0.1) is 0 Å². The van der Waals surface area contributed by atoms with E-state index in [-0.39, 0.29) is 5.54 Å². The monoisotopic (exact) mass is 256 g/mol. The highest BCUT2D eigenvalue weighted by molar-refractivity contribution is 5.84. The van der Waals surface area contributed by atoms with E-state index in [0.717, 1.165) is 13.1 Å². The van der Waals surface area contributed by atoms with Crippen molar-refractivity contribution in [2.75, 3.05) is 0 Å². The van der Waals surface area contributed by atoms with E-state index in [1.54, 1.807) is 0 Å². The van der Waals surface area contributed by atoms with Gasteiger partial charge in [0.05, 0.1) is 0 Å². The van der Waals surface area contributed by atoms with E-state index in [1.165, 1.54) is 22.0 Å². The van der Waals surface area contributed by atoms with Crippen molar-refractivity contribution in [1.29, 1.82) is 0 Å². The van der Waals surface area contributed by atoms with Gasteiger partial charge in [-0.25, -0.2) is 0 Å². The van der Waals surface area contributed by atoms with Gasteiger partial charge < -0.3 is 9.88 Å². The first-order chi connectivity index (χ1) is 8.87. The van der Waals surface area contributed by atoms with Crippen LogP contribution in [0.5, 0.6) is 0 Å². The van der Waals surface area contributed by atoms with Crippen LogP contribution in [0.2, 0.25) is 0 Å². The molecule has 1 aromatic heterocycles. The Morgan fingerprint density at radius 1 is 1.26 bits per heavy atom. The Kier molecular flexibility index (Phi) is 3.81. The van der Waals surface area contributed by atoms with Crippen molar-refractivity contribution >= 4 is 10.9 Å². The van der Waals surface area contributed by atoms with Gasteiger partial charge in [-0.2, -0.15) is 0 Å². The lowest BCUT2D eigenvalue weighted by molar-refractivity contribution is 0.425. The summed E-state index contributed by atoms with van der Waals surface area (Å²) in [5.41, 5.74) is 3.96. The lowest BCUT2D eigenvalue weighted by Gasteiger charge is -2.20. The van der Waals surface area contributed by atoms with Crippen molar-refractivity contribution in [1.82, 2.24) is 9.88 Å². The van der Waals surface area contributed by atoms with Crippen LogP contribution in [-0.2, 0) is 13.1 Å². The molecule has 0 saturated heterocycles. The molecular weight excluding hydrogens is 232 g/mol. The van der Waals surface area contributed by atoms with Crippen LogP contribution in [0.25, 0.3) is 10.9 Å². The molecule has 0 spiro atoms. The summed E-state index contributed by atoms with van der Waals surface area (Å²) >= 11 is 0. The molecule has 2 aromatic rings. The number of hydrogen-bond donors (Lipinski definition) is 1. The fourth-order valence-electron chi connectivity index (χ4n) is 2.25. The summed E-state index contributed by atoms with van der Waals surface area (Å²) < 4.78 is 2.29. The lowest BCUT2D eigenvalue weighted by Crippen LogP contribution is -2.34. The van der Waals surface area contributed by atoms with Crippen LogP contribution in [0.4, 0.5) is 0 Å². The third kappa shape index (κ3) is 3.48. The van der Waals surface area contributed by atoms with Gasteiger partial charge in [0.15, 0.2) is 0 Å². The Morgan fingerprint density at radius 3 is 2.58 bits per heavy atom. The molecule has 1 heterocycles. The Balaban J connectivity index is 2.36. The third-order valence-electron chi connectivity index (χ3n) is 3.12. The summed E-state index contributed by atoms with van der Waals surface area (Å²) in [5, 5.41) is 4.89. The summed E-state index contributed by atoms with van der Waals surface area (Å²) in [6, 6.07) is 8.58. The minimum atomic E-state index is 0.136. The molecule has 2 rings (SSSR count). The van der Waals surface area contributed by atoms with Crippen molar-refractivity contribution in [2.45, 2.75) is 46.3 Å². The highest BCUT2D eigenvalue weighted by atomic mass is 15.0. The SMILES string of the molecule is C=C(C)Cn1cc(CNC(C)(C)C)c2ccccc21.